The van der Waals surface area contributed by atoms with Gasteiger partial charge < -0.3 is 5.32 Å². The Hall–Kier alpha value is -4.80. The first-order valence-electron chi connectivity index (χ1n) is 11.2. The van der Waals surface area contributed by atoms with Crippen molar-refractivity contribution in [3.8, 4) is 23.3 Å². The molecule has 2 aromatic carbocycles. The lowest BCUT2D eigenvalue weighted by Gasteiger charge is -2.12. The van der Waals surface area contributed by atoms with Crippen LogP contribution in [-0.2, 0) is 14.6 Å². The average molecular weight is 583 g/mol. The lowest BCUT2D eigenvalue weighted by atomic mass is 10.1. The fourth-order valence-electron chi connectivity index (χ4n) is 3.45. The standard InChI is InChI=1S/C26H17ClF2N6O4S/c1-40(38,39)17-10-11-19(31-13-17)24-33-34-25(35(24)20-5-3-2-4-18(20)27)22(28)23(29)26(37)32-14-21(36)16-8-6-15(12-30)7-9-16/h2-11,13H,14H2,1H3,(H,32,37)/b23-22+. The van der Waals surface area contributed by atoms with E-state index in [4.69, 9.17) is 16.9 Å². The number of carbonyl (C=O) groups is 2. The first-order valence-corrected chi connectivity index (χ1v) is 13.5. The van der Waals surface area contributed by atoms with Gasteiger partial charge in [0.15, 0.2) is 21.4 Å². The van der Waals surface area contributed by atoms with Gasteiger partial charge in [-0.05, 0) is 36.4 Å². The van der Waals surface area contributed by atoms with Crippen LogP contribution >= 0.6 is 11.6 Å². The first kappa shape index (κ1) is 28.2. The molecule has 0 atom stereocenters. The SMILES string of the molecule is CS(=O)(=O)c1ccc(-c2nnc(/C(F)=C(\F)C(=O)NCC(=O)c3ccc(C#N)cc3)n2-c2ccccc2Cl)nc1. The number of rotatable bonds is 8. The molecule has 14 heteroatoms. The third-order valence-electron chi connectivity index (χ3n) is 5.48. The van der Waals surface area contributed by atoms with Crippen molar-refractivity contribution in [1.29, 1.82) is 5.26 Å². The summed E-state index contributed by atoms with van der Waals surface area (Å²) in [5.74, 6) is -6.55. The van der Waals surface area contributed by atoms with Gasteiger partial charge in [-0.3, -0.25) is 19.1 Å². The van der Waals surface area contributed by atoms with Crippen LogP contribution in [0.4, 0.5) is 8.78 Å². The van der Waals surface area contributed by atoms with Gasteiger partial charge in [-0.15, -0.1) is 10.2 Å². The summed E-state index contributed by atoms with van der Waals surface area (Å²) in [6.07, 6.45) is 2.07. The summed E-state index contributed by atoms with van der Waals surface area (Å²) in [6.45, 7) is -0.648. The van der Waals surface area contributed by atoms with E-state index in [2.05, 4.69) is 15.2 Å². The molecule has 202 valence electrons. The van der Waals surface area contributed by atoms with Gasteiger partial charge in [0, 0.05) is 18.0 Å². The minimum Gasteiger partial charge on any atom is -0.342 e. The van der Waals surface area contributed by atoms with Crippen LogP contribution in [0, 0.1) is 11.3 Å². The van der Waals surface area contributed by atoms with Crippen molar-refractivity contribution >= 4 is 39.0 Å². The normalized spacial score (nSPS) is 11.9. The topological polar surface area (TPSA) is 148 Å². The molecule has 4 rings (SSSR count). The molecule has 0 unspecified atom stereocenters. The second kappa shape index (κ2) is 11.5. The number of nitriles is 1. The third-order valence-corrected chi connectivity index (χ3v) is 6.90. The molecule has 1 N–H and O–H groups in total. The van der Waals surface area contributed by atoms with Gasteiger partial charge in [-0.25, -0.2) is 8.42 Å². The van der Waals surface area contributed by atoms with Crippen LogP contribution in [0.25, 0.3) is 23.0 Å². The maximum absolute atomic E-state index is 15.4. The number of pyridine rings is 1. The quantitative estimate of drug-likeness (QED) is 0.243. The lowest BCUT2D eigenvalue weighted by Crippen LogP contribution is -2.30. The molecule has 0 fully saturated rings. The average Bonchev–Trinajstić information content (AvgIpc) is 3.39. The number of ketones is 1. The first-order chi connectivity index (χ1) is 19.0. The van der Waals surface area contributed by atoms with Crippen molar-refractivity contribution in [2.45, 2.75) is 4.90 Å². The highest BCUT2D eigenvalue weighted by atomic mass is 35.5. The van der Waals surface area contributed by atoms with E-state index in [1.165, 1.54) is 48.5 Å². The zero-order chi connectivity index (χ0) is 29.0. The molecule has 0 spiro atoms. The minimum atomic E-state index is -3.56. The summed E-state index contributed by atoms with van der Waals surface area (Å²) < 4.78 is 55.0. The van der Waals surface area contributed by atoms with Crippen LogP contribution in [-0.4, -0.2) is 52.7 Å². The van der Waals surface area contributed by atoms with Crippen molar-refractivity contribution in [2.75, 3.05) is 12.8 Å². The van der Waals surface area contributed by atoms with Gasteiger partial charge in [0.1, 0.15) is 5.69 Å². The number of aromatic nitrogens is 4. The van der Waals surface area contributed by atoms with E-state index < -0.39 is 45.6 Å². The van der Waals surface area contributed by atoms with Crippen LogP contribution in [0.2, 0.25) is 5.02 Å². The number of nitrogens with zero attached hydrogens (tertiary/aromatic N) is 5. The van der Waals surface area contributed by atoms with Crippen molar-refractivity contribution in [3.63, 3.8) is 0 Å². The third kappa shape index (κ3) is 5.93. The van der Waals surface area contributed by atoms with E-state index in [1.807, 2.05) is 11.4 Å². The molecule has 1 amide bonds. The Bertz CT molecular complexity index is 1800. The molecule has 2 aromatic heterocycles. The van der Waals surface area contributed by atoms with Crippen LogP contribution in [0.15, 0.2) is 77.6 Å². The van der Waals surface area contributed by atoms with Gasteiger partial charge in [0.2, 0.25) is 17.5 Å². The lowest BCUT2D eigenvalue weighted by molar-refractivity contribution is -0.118. The number of para-hydroxylation sites is 1. The van der Waals surface area contributed by atoms with E-state index in [0.29, 0.717) is 5.56 Å². The maximum atomic E-state index is 15.4. The van der Waals surface area contributed by atoms with Gasteiger partial charge in [0.05, 0.1) is 33.8 Å². The predicted octanol–water partition coefficient (Wildman–Crippen LogP) is 3.86. The number of nitrogens with one attached hydrogen (secondary N) is 1. The molecule has 40 heavy (non-hydrogen) atoms. The number of hydrogen-bond acceptors (Lipinski definition) is 8. The summed E-state index contributed by atoms with van der Waals surface area (Å²) in [7, 11) is -3.56. The Balaban J connectivity index is 1.68. The number of Topliss-reactive ketones (excluding diaryl/α,β-unsaturated/α-hetero) is 1. The van der Waals surface area contributed by atoms with Crippen LogP contribution < -0.4 is 5.32 Å². The molecule has 10 nitrogen and oxygen atoms in total. The molecule has 0 saturated heterocycles. The molecule has 0 aliphatic carbocycles. The Morgan fingerprint density at radius 3 is 2.35 bits per heavy atom. The van der Waals surface area contributed by atoms with Gasteiger partial charge >= 0.3 is 0 Å². The van der Waals surface area contributed by atoms with Crippen molar-refractivity contribution < 1.29 is 26.8 Å². The fraction of sp³-hybridized carbons (Fsp3) is 0.0769. The number of benzene rings is 2. The molecular weight excluding hydrogens is 566 g/mol. The molecule has 4 aromatic rings. The number of hydrogen-bond donors (Lipinski definition) is 1. The molecule has 0 bridgehead atoms. The second-order valence-electron chi connectivity index (χ2n) is 8.21. The summed E-state index contributed by atoms with van der Waals surface area (Å²) >= 11 is 6.30. The number of amides is 1. The monoisotopic (exact) mass is 582 g/mol. The number of carbonyl (C=O) groups excluding carboxylic acids is 2. The largest absolute Gasteiger partial charge is 0.342 e. The molecule has 0 aliphatic rings. The maximum Gasteiger partial charge on any atom is 0.283 e. The Labute approximate surface area is 231 Å². The zero-order valence-electron chi connectivity index (χ0n) is 20.5. The molecule has 0 radical (unpaired) electrons. The summed E-state index contributed by atoms with van der Waals surface area (Å²) in [5, 5.41) is 18.5. The number of halogens is 3. The van der Waals surface area contributed by atoms with E-state index in [9.17, 15) is 22.4 Å². The van der Waals surface area contributed by atoms with Crippen molar-refractivity contribution in [3.05, 3.63) is 94.7 Å². The molecule has 0 saturated carbocycles. The van der Waals surface area contributed by atoms with Gasteiger partial charge in [-0.2, -0.15) is 14.0 Å². The summed E-state index contributed by atoms with van der Waals surface area (Å²) in [5.41, 5.74) is 0.645. The smallest absolute Gasteiger partial charge is 0.283 e. The van der Waals surface area contributed by atoms with Gasteiger partial charge in [-0.1, -0.05) is 35.9 Å². The highest BCUT2D eigenvalue weighted by Crippen LogP contribution is 2.31. The predicted molar refractivity (Wildman–Crippen MR) is 140 cm³/mol. The molecular formula is C26H17ClF2N6O4S. The fourth-order valence-corrected chi connectivity index (χ4v) is 4.23. The van der Waals surface area contributed by atoms with E-state index in [1.54, 1.807) is 12.1 Å². The Morgan fingerprint density at radius 1 is 1.05 bits per heavy atom. The highest BCUT2D eigenvalue weighted by molar-refractivity contribution is 7.90. The minimum absolute atomic E-state index is 0.0525. The van der Waals surface area contributed by atoms with E-state index in [0.717, 1.165) is 17.0 Å². The highest BCUT2D eigenvalue weighted by Gasteiger charge is 2.27. The van der Waals surface area contributed by atoms with Gasteiger partial charge in [0.25, 0.3) is 5.91 Å². The van der Waals surface area contributed by atoms with E-state index in [-0.39, 0.29) is 32.7 Å². The van der Waals surface area contributed by atoms with E-state index >= 15 is 4.39 Å². The Morgan fingerprint density at radius 2 is 1.75 bits per heavy atom. The molecule has 2 heterocycles. The van der Waals surface area contributed by atoms with Crippen LogP contribution in [0.3, 0.4) is 0 Å². The Kier molecular flexibility index (Phi) is 8.13. The summed E-state index contributed by atoms with van der Waals surface area (Å²) in [6, 6.07) is 16.1. The molecule has 0 aliphatic heterocycles. The van der Waals surface area contributed by atoms with Crippen molar-refractivity contribution in [2.24, 2.45) is 0 Å². The number of sulfone groups is 1. The second-order valence-corrected chi connectivity index (χ2v) is 10.6. The van der Waals surface area contributed by atoms with Crippen LogP contribution in [0.5, 0.6) is 0 Å². The zero-order valence-corrected chi connectivity index (χ0v) is 22.0. The summed E-state index contributed by atoms with van der Waals surface area (Å²) in [4.78, 5) is 28.7. The van der Waals surface area contributed by atoms with Crippen LogP contribution in [0.1, 0.15) is 21.7 Å². The van der Waals surface area contributed by atoms with Crippen molar-refractivity contribution in [1.82, 2.24) is 25.1 Å².